The van der Waals surface area contributed by atoms with E-state index in [9.17, 15) is 0 Å². The van der Waals surface area contributed by atoms with Crippen LogP contribution in [0.15, 0.2) is 48.8 Å². The molecular formula is C17H21NO. The molecule has 1 heterocycles. The largest absolute Gasteiger partial charge is 0.487 e. The lowest BCUT2D eigenvalue weighted by Crippen LogP contribution is -2.06. The molecule has 0 aliphatic carbocycles. The summed E-state index contributed by atoms with van der Waals surface area (Å²) < 4.78 is 5.93. The molecule has 19 heavy (non-hydrogen) atoms. The lowest BCUT2D eigenvalue weighted by molar-refractivity contribution is 0.297. The Kier molecular flexibility index (Phi) is 4.56. The third-order valence-corrected chi connectivity index (χ3v) is 3.54. The molecule has 0 radical (unpaired) electrons. The highest BCUT2D eigenvalue weighted by atomic mass is 16.5. The lowest BCUT2D eigenvalue weighted by atomic mass is 9.90. The minimum absolute atomic E-state index is 0.466. The molecule has 2 aromatic rings. The first-order chi connectivity index (χ1) is 9.18. The van der Waals surface area contributed by atoms with Gasteiger partial charge in [0, 0.05) is 11.8 Å². The van der Waals surface area contributed by atoms with Crippen molar-refractivity contribution in [3.05, 3.63) is 59.9 Å². The van der Waals surface area contributed by atoms with Gasteiger partial charge >= 0.3 is 0 Å². The Bertz CT molecular complexity index is 508. The Balaban J connectivity index is 2.12. The van der Waals surface area contributed by atoms with Crippen molar-refractivity contribution in [1.82, 2.24) is 4.98 Å². The quantitative estimate of drug-likeness (QED) is 0.789. The predicted molar refractivity (Wildman–Crippen MR) is 78.3 cm³/mol. The summed E-state index contributed by atoms with van der Waals surface area (Å²) in [6.07, 6.45) is 3.65. The molecule has 1 aromatic carbocycles. The normalized spacial score (nSPS) is 12.4. The van der Waals surface area contributed by atoms with Gasteiger partial charge in [-0.25, -0.2) is 0 Å². The second-order valence-electron chi connectivity index (χ2n) is 5.22. The number of aromatic nitrogens is 1. The lowest BCUT2D eigenvalue weighted by Gasteiger charge is -2.19. The number of nitrogens with zero attached hydrogens (tertiary/aromatic N) is 1. The van der Waals surface area contributed by atoms with Crippen LogP contribution in [-0.2, 0) is 6.61 Å². The summed E-state index contributed by atoms with van der Waals surface area (Å²) in [6, 6.07) is 12.3. The van der Waals surface area contributed by atoms with Crippen molar-refractivity contribution in [2.24, 2.45) is 5.92 Å². The number of benzene rings is 1. The molecule has 2 nitrogen and oxygen atoms in total. The van der Waals surface area contributed by atoms with E-state index in [0.29, 0.717) is 18.4 Å². The number of hydrogen-bond acceptors (Lipinski definition) is 2. The van der Waals surface area contributed by atoms with Crippen molar-refractivity contribution >= 4 is 0 Å². The van der Waals surface area contributed by atoms with Gasteiger partial charge in [-0.05, 0) is 23.5 Å². The molecule has 1 atom stereocenters. The van der Waals surface area contributed by atoms with E-state index in [1.54, 1.807) is 0 Å². The van der Waals surface area contributed by atoms with Crippen LogP contribution in [0.2, 0.25) is 0 Å². The van der Waals surface area contributed by atoms with Crippen LogP contribution >= 0.6 is 0 Å². The zero-order chi connectivity index (χ0) is 13.7. The summed E-state index contributed by atoms with van der Waals surface area (Å²) >= 11 is 0. The first-order valence-corrected chi connectivity index (χ1v) is 6.79. The van der Waals surface area contributed by atoms with Crippen LogP contribution < -0.4 is 4.74 Å². The zero-order valence-electron chi connectivity index (χ0n) is 11.8. The topological polar surface area (TPSA) is 22.1 Å². The first kappa shape index (κ1) is 13.6. The fourth-order valence-electron chi connectivity index (χ4n) is 1.98. The van der Waals surface area contributed by atoms with Gasteiger partial charge < -0.3 is 4.74 Å². The molecule has 0 N–H and O–H groups in total. The highest BCUT2D eigenvalue weighted by Crippen LogP contribution is 2.31. The predicted octanol–water partition coefficient (Wildman–Crippen LogP) is 4.42. The molecule has 0 fully saturated rings. The number of pyridine rings is 1. The third kappa shape index (κ3) is 3.57. The summed E-state index contributed by atoms with van der Waals surface area (Å²) in [5.41, 5.74) is 2.41. The van der Waals surface area contributed by atoms with E-state index in [1.165, 1.54) is 11.1 Å². The molecule has 0 saturated carbocycles. The van der Waals surface area contributed by atoms with E-state index >= 15 is 0 Å². The molecule has 0 amide bonds. The number of hydrogen-bond donors (Lipinski definition) is 0. The van der Waals surface area contributed by atoms with Gasteiger partial charge in [0.05, 0.1) is 6.20 Å². The molecule has 100 valence electrons. The van der Waals surface area contributed by atoms with Gasteiger partial charge in [-0.1, -0.05) is 51.1 Å². The van der Waals surface area contributed by atoms with E-state index in [-0.39, 0.29) is 0 Å². The number of rotatable bonds is 5. The summed E-state index contributed by atoms with van der Waals surface area (Å²) in [5.74, 6) is 1.95. The van der Waals surface area contributed by atoms with Crippen molar-refractivity contribution < 1.29 is 4.74 Å². The Morgan fingerprint density at radius 1 is 1.05 bits per heavy atom. The van der Waals surface area contributed by atoms with Gasteiger partial charge in [0.25, 0.3) is 0 Å². The van der Waals surface area contributed by atoms with Crippen LogP contribution in [0.3, 0.4) is 0 Å². The SMILES string of the molecule is CC(C)C(C)c1ccncc1OCc1ccccc1. The average molecular weight is 255 g/mol. The molecule has 0 saturated heterocycles. The molecule has 0 bridgehead atoms. The molecule has 1 aromatic heterocycles. The van der Waals surface area contributed by atoms with Crippen molar-refractivity contribution in [3.63, 3.8) is 0 Å². The summed E-state index contributed by atoms with van der Waals surface area (Å²) in [5, 5.41) is 0. The summed E-state index contributed by atoms with van der Waals surface area (Å²) in [7, 11) is 0. The van der Waals surface area contributed by atoms with Crippen LogP contribution in [-0.4, -0.2) is 4.98 Å². The monoisotopic (exact) mass is 255 g/mol. The van der Waals surface area contributed by atoms with Gasteiger partial charge in [0.2, 0.25) is 0 Å². The Morgan fingerprint density at radius 2 is 1.79 bits per heavy atom. The van der Waals surface area contributed by atoms with E-state index in [1.807, 2.05) is 30.6 Å². The second-order valence-corrected chi connectivity index (χ2v) is 5.22. The van der Waals surface area contributed by atoms with Gasteiger partial charge in [-0.15, -0.1) is 0 Å². The third-order valence-electron chi connectivity index (χ3n) is 3.54. The van der Waals surface area contributed by atoms with E-state index in [2.05, 4.69) is 44.0 Å². The van der Waals surface area contributed by atoms with Gasteiger partial charge in [0.1, 0.15) is 12.4 Å². The Hall–Kier alpha value is -1.83. The molecule has 0 aliphatic rings. The molecule has 1 unspecified atom stereocenters. The highest BCUT2D eigenvalue weighted by molar-refractivity contribution is 5.33. The smallest absolute Gasteiger partial charge is 0.141 e. The van der Waals surface area contributed by atoms with E-state index in [0.717, 1.165) is 5.75 Å². The van der Waals surface area contributed by atoms with Gasteiger partial charge in [-0.2, -0.15) is 0 Å². The fourth-order valence-corrected chi connectivity index (χ4v) is 1.98. The van der Waals surface area contributed by atoms with Crippen molar-refractivity contribution in [2.75, 3.05) is 0 Å². The summed E-state index contributed by atoms with van der Waals surface area (Å²) in [6.45, 7) is 7.28. The average Bonchev–Trinajstić information content (AvgIpc) is 2.45. The van der Waals surface area contributed by atoms with Crippen LogP contribution in [0.5, 0.6) is 5.75 Å². The van der Waals surface area contributed by atoms with E-state index < -0.39 is 0 Å². The maximum Gasteiger partial charge on any atom is 0.141 e. The van der Waals surface area contributed by atoms with E-state index in [4.69, 9.17) is 4.74 Å². The van der Waals surface area contributed by atoms with Crippen LogP contribution in [0, 0.1) is 5.92 Å². The minimum atomic E-state index is 0.466. The Labute approximate surface area is 115 Å². The zero-order valence-corrected chi connectivity index (χ0v) is 11.8. The van der Waals surface area contributed by atoms with Gasteiger partial charge in [-0.3, -0.25) is 4.98 Å². The van der Waals surface area contributed by atoms with Crippen LogP contribution in [0.1, 0.15) is 37.8 Å². The molecular weight excluding hydrogens is 234 g/mol. The van der Waals surface area contributed by atoms with Crippen molar-refractivity contribution in [1.29, 1.82) is 0 Å². The van der Waals surface area contributed by atoms with Crippen molar-refractivity contribution in [2.45, 2.75) is 33.3 Å². The standard InChI is InChI=1S/C17H21NO/c1-13(2)14(3)16-9-10-18-11-17(16)19-12-15-7-5-4-6-8-15/h4-11,13-14H,12H2,1-3H3. The summed E-state index contributed by atoms with van der Waals surface area (Å²) in [4.78, 5) is 4.17. The maximum absolute atomic E-state index is 5.93. The molecule has 0 spiro atoms. The van der Waals surface area contributed by atoms with Crippen molar-refractivity contribution in [3.8, 4) is 5.75 Å². The fraction of sp³-hybridized carbons (Fsp3) is 0.353. The second kappa shape index (κ2) is 6.37. The van der Waals surface area contributed by atoms with Crippen LogP contribution in [0.4, 0.5) is 0 Å². The number of ether oxygens (including phenoxy) is 1. The molecule has 2 heteroatoms. The first-order valence-electron chi connectivity index (χ1n) is 6.79. The Morgan fingerprint density at radius 3 is 2.47 bits per heavy atom. The minimum Gasteiger partial charge on any atom is -0.487 e. The van der Waals surface area contributed by atoms with Crippen LogP contribution in [0.25, 0.3) is 0 Å². The molecule has 2 rings (SSSR count). The highest BCUT2D eigenvalue weighted by Gasteiger charge is 2.15. The van der Waals surface area contributed by atoms with Gasteiger partial charge in [0.15, 0.2) is 0 Å². The molecule has 0 aliphatic heterocycles. The maximum atomic E-state index is 5.93.